The summed E-state index contributed by atoms with van der Waals surface area (Å²) in [4.78, 5) is 38.0. The summed E-state index contributed by atoms with van der Waals surface area (Å²) in [6.45, 7) is 6.45. The van der Waals surface area contributed by atoms with Crippen molar-refractivity contribution in [2.24, 2.45) is 0 Å². The van der Waals surface area contributed by atoms with Gasteiger partial charge in [-0.25, -0.2) is 0 Å². The lowest BCUT2D eigenvalue weighted by molar-refractivity contribution is -0.167. The fourth-order valence-corrected chi connectivity index (χ4v) is 7.28. The van der Waals surface area contributed by atoms with Gasteiger partial charge in [-0.05, 0) is 116 Å². The fourth-order valence-electron chi connectivity index (χ4n) is 7.28. The molecule has 0 aliphatic carbocycles. The number of ether oxygens (including phenoxy) is 3. The molecule has 0 aromatic rings. The van der Waals surface area contributed by atoms with Gasteiger partial charge < -0.3 is 14.2 Å². The molecule has 0 aliphatic heterocycles. The number of carbonyl (C=O) groups excluding carboxylic acids is 3. The molecule has 0 aliphatic rings. The van der Waals surface area contributed by atoms with E-state index in [4.69, 9.17) is 14.2 Å². The summed E-state index contributed by atoms with van der Waals surface area (Å²) >= 11 is 0. The van der Waals surface area contributed by atoms with Crippen LogP contribution in [0.3, 0.4) is 0 Å². The van der Waals surface area contributed by atoms with Gasteiger partial charge in [-0.1, -0.05) is 202 Å². The summed E-state index contributed by atoms with van der Waals surface area (Å²) in [5, 5.41) is 0. The highest BCUT2D eigenvalue weighted by Crippen LogP contribution is 2.14. The van der Waals surface area contributed by atoms with E-state index in [0.717, 1.165) is 128 Å². The number of esters is 3. The van der Waals surface area contributed by atoms with Gasteiger partial charge in [0, 0.05) is 19.3 Å². The van der Waals surface area contributed by atoms with E-state index in [-0.39, 0.29) is 31.1 Å². The van der Waals surface area contributed by atoms with Crippen molar-refractivity contribution in [3.63, 3.8) is 0 Å². The Bertz CT molecular complexity index is 1270. The monoisotopic (exact) mass is 905 g/mol. The number of hydrogen-bond donors (Lipinski definition) is 0. The second kappa shape index (κ2) is 53.2. The van der Waals surface area contributed by atoms with Crippen molar-refractivity contribution in [2.75, 3.05) is 13.2 Å². The fraction of sp³-hybridized carbons (Fsp3) is 0.712. The summed E-state index contributed by atoms with van der Waals surface area (Å²) in [6, 6.07) is 0. The van der Waals surface area contributed by atoms with Crippen LogP contribution >= 0.6 is 0 Å². The van der Waals surface area contributed by atoms with E-state index >= 15 is 0 Å². The van der Waals surface area contributed by atoms with Crippen molar-refractivity contribution in [3.8, 4) is 0 Å². The zero-order valence-corrected chi connectivity index (χ0v) is 42.5. The van der Waals surface area contributed by atoms with Crippen molar-refractivity contribution in [2.45, 2.75) is 258 Å². The van der Waals surface area contributed by atoms with E-state index in [1.165, 1.54) is 83.5 Å². The molecule has 0 saturated carbocycles. The molecule has 65 heavy (non-hydrogen) atoms. The minimum Gasteiger partial charge on any atom is -0.462 e. The third-order valence-electron chi connectivity index (χ3n) is 11.4. The standard InChI is InChI=1S/C59H100O6/c1-4-7-10-13-16-19-22-25-27-29-30-31-33-34-37-40-43-46-49-52-58(61)64-55-56(54-63-57(60)51-48-45-42-39-36-24-21-18-15-12-9-6-3)65-59(62)53-50-47-44-41-38-35-32-28-26-23-20-17-14-11-8-5-2/h7,10,16,18-21,23,25,27-28,30-32,56H,4-6,8-9,11-15,17,22,24,26,29,33-55H2,1-3H3/b10-7-,19-16-,21-18-,23-20-,27-25-,31-30-,32-28-. The Labute approximate surface area is 401 Å². The first kappa shape index (κ1) is 61.6. The third-order valence-corrected chi connectivity index (χ3v) is 11.4. The van der Waals surface area contributed by atoms with Crippen molar-refractivity contribution < 1.29 is 28.6 Å². The average Bonchev–Trinajstić information content (AvgIpc) is 3.30. The van der Waals surface area contributed by atoms with Gasteiger partial charge in [0.1, 0.15) is 13.2 Å². The Hall–Kier alpha value is -3.41. The smallest absolute Gasteiger partial charge is 0.306 e. The minimum atomic E-state index is -0.793. The normalized spacial score (nSPS) is 12.7. The molecule has 6 nitrogen and oxygen atoms in total. The second-order valence-electron chi connectivity index (χ2n) is 17.7. The highest BCUT2D eigenvalue weighted by Gasteiger charge is 2.19. The number of allylic oxidation sites excluding steroid dienone is 14. The summed E-state index contributed by atoms with van der Waals surface area (Å²) in [5.74, 6) is -0.927. The van der Waals surface area contributed by atoms with E-state index in [2.05, 4.69) is 106 Å². The number of rotatable bonds is 48. The van der Waals surface area contributed by atoms with Gasteiger partial charge in [0.05, 0.1) is 0 Å². The maximum absolute atomic E-state index is 12.8. The molecule has 0 aromatic carbocycles. The van der Waals surface area contributed by atoms with E-state index < -0.39 is 6.10 Å². The molecule has 0 rings (SSSR count). The molecule has 1 atom stereocenters. The van der Waals surface area contributed by atoms with Crippen molar-refractivity contribution in [1.29, 1.82) is 0 Å². The first-order valence-corrected chi connectivity index (χ1v) is 27.1. The zero-order chi connectivity index (χ0) is 47.2. The van der Waals surface area contributed by atoms with Crippen molar-refractivity contribution >= 4 is 17.9 Å². The van der Waals surface area contributed by atoms with E-state index in [0.29, 0.717) is 19.3 Å². The molecular weight excluding hydrogens is 805 g/mol. The molecule has 0 saturated heterocycles. The predicted octanol–water partition coefficient (Wildman–Crippen LogP) is 18.0. The van der Waals surface area contributed by atoms with Gasteiger partial charge in [-0.3, -0.25) is 14.4 Å². The number of unbranched alkanes of at least 4 members (excludes halogenated alkanes) is 23. The Kier molecular flexibility index (Phi) is 50.4. The van der Waals surface area contributed by atoms with Gasteiger partial charge in [-0.2, -0.15) is 0 Å². The lowest BCUT2D eigenvalue weighted by Crippen LogP contribution is -2.30. The third kappa shape index (κ3) is 51.4. The maximum atomic E-state index is 12.8. The van der Waals surface area contributed by atoms with Crippen LogP contribution in [0.25, 0.3) is 0 Å². The first-order valence-electron chi connectivity index (χ1n) is 27.1. The van der Waals surface area contributed by atoms with Crippen molar-refractivity contribution in [1.82, 2.24) is 0 Å². The van der Waals surface area contributed by atoms with Crippen LogP contribution in [0.1, 0.15) is 252 Å². The van der Waals surface area contributed by atoms with Crippen LogP contribution in [0.4, 0.5) is 0 Å². The number of carbonyl (C=O) groups is 3. The highest BCUT2D eigenvalue weighted by molar-refractivity contribution is 5.71. The Morgan fingerprint density at radius 1 is 0.323 bits per heavy atom. The molecule has 0 amide bonds. The topological polar surface area (TPSA) is 78.9 Å². The minimum absolute atomic E-state index is 0.0916. The molecule has 0 aromatic heterocycles. The van der Waals surface area contributed by atoms with Crippen LogP contribution in [0.15, 0.2) is 85.1 Å². The van der Waals surface area contributed by atoms with E-state index in [1.807, 2.05) is 0 Å². The van der Waals surface area contributed by atoms with Crippen LogP contribution in [0.5, 0.6) is 0 Å². The number of hydrogen-bond acceptors (Lipinski definition) is 6. The Morgan fingerprint density at radius 3 is 0.985 bits per heavy atom. The molecular formula is C59H100O6. The van der Waals surface area contributed by atoms with Crippen LogP contribution in [-0.2, 0) is 28.6 Å². The average molecular weight is 905 g/mol. The van der Waals surface area contributed by atoms with Gasteiger partial charge in [0.15, 0.2) is 6.10 Å². The molecule has 0 heterocycles. The molecule has 0 fully saturated rings. The van der Waals surface area contributed by atoms with Crippen LogP contribution in [0, 0.1) is 0 Å². The summed E-state index contributed by atoms with van der Waals surface area (Å²) in [5.41, 5.74) is 0. The predicted molar refractivity (Wildman–Crippen MR) is 279 cm³/mol. The van der Waals surface area contributed by atoms with Gasteiger partial charge in [-0.15, -0.1) is 0 Å². The molecule has 0 spiro atoms. The first-order chi connectivity index (χ1) is 32.0. The van der Waals surface area contributed by atoms with Crippen LogP contribution < -0.4 is 0 Å². The molecule has 0 N–H and O–H groups in total. The lowest BCUT2D eigenvalue weighted by atomic mass is 10.1. The second-order valence-corrected chi connectivity index (χ2v) is 17.7. The summed E-state index contributed by atoms with van der Waals surface area (Å²) in [6.07, 6.45) is 68.5. The van der Waals surface area contributed by atoms with Gasteiger partial charge >= 0.3 is 17.9 Å². The summed E-state index contributed by atoms with van der Waals surface area (Å²) < 4.78 is 16.8. The molecule has 0 radical (unpaired) electrons. The van der Waals surface area contributed by atoms with Crippen LogP contribution in [0.2, 0.25) is 0 Å². The van der Waals surface area contributed by atoms with E-state index in [9.17, 15) is 14.4 Å². The maximum Gasteiger partial charge on any atom is 0.306 e. The molecule has 1 unspecified atom stereocenters. The quantitative estimate of drug-likeness (QED) is 0.0262. The SMILES string of the molecule is CC/C=C\C/C=C\C/C=C\C/C=C\CCCCCCCCC(=O)OCC(COC(=O)CCCCCCC/C=C\CCCCC)OC(=O)CCCCCCC/C=C\C/C=C\CCCCCC. The highest BCUT2D eigenvalue weighted by atomic mass is 16.6. The van der Waals surface area contributed by atoms with Crippen LogP contribution in [-0.4, -0.2) is 37.2 Å². The molecule has 372 valence electrons. The van der Waals surface area contributed by atoms with Gasteiger partial charge in [0.25, 0.3) is 0 Å². The van der Waals surface area contributed by atoms with Crippen molar-refractivity contribution in [3.05, 3.63) is 85.1 Å². The zero-order valence-electron chi connectivity index (χ0n) is 42.5. The molecule has 6 heteroatoms. The summed E-state index contributed by atoms with van der Waals surface area (Å²) in [7, 11) is 0. The lowest BCUT2D eigenvalue weighted by Gasteiger charge is -2.18. The molecule has 0 bridgehead atoms. The largest absolute Gasteiger partial charge is 0.462 e. The van der Waals surface area contributed by atoms with Gasteiger partial charge in [0.2, 0.25) is 0 Å². The Morgan fingerprint density at radius 2 is 0.600 bits per heavy atom. The van der Waals surface area contributed by atoms with E-state index in [1.54, 1.807) is 0 Å². The Balaban J connectivity index is 4.43.